The SMILES string of the molecule is CCN(C(C)C)C(CN)c1cccc2cccnc12. The molecule has 3 heteroatoms. The van der Waals surface area contributed by atoms with Gasteiger partial charge in [-0.05, 0) is 32.0 Å². The number of nitrogens with zero attached hydrogens (tertiary/aromatic N) is 2. The van der Waals surface area contributed by atoms with E-state index >= 15 is 0 Å². The van der Waals surface area contributed by atoms with E-state index in [0.717, 1.165) is 12.1 Å². The van der Waals surface area contributed by atoms with Gasteiger partial charge in [-0.25, -0.2) is 0 Å². The molecule has 1 heterocycles. The van der Waals surface area contributed by atoms with Gasteiger partial charge in [0.1, 0.15) is 0 Å². The lowest BCUT2D eigenvalue weighted by Crippen LogP contribution is -2.38. The first-order valence-electron chi connectivity index (χ1n) is 6.98. The number of likely N-dealkylation sites (N-methyl/N-ethyl adjacent to an activating group) is 1. The van der Waals surface area contributed by atoms with Gasteiger partial charge in [0, 0.05) is 30.2 Å². The minimum absolute atomic E-state index is 0.226. The molecule has 102 valence electrons. The summed E-state index contributed by atoms with van der Waals surface area (Å²) in [5.74, 6) is 0. The van der Waals surface area contributed by atoms with Gasteiger partial charge in [0.25, 0.3) is 0 Å². The molecule has 2 rings (SSSR count). The molecule has 0 aliphatic rings. The minimum Gasteiger partial charge on any atom is -0.329 e. The van der Waals surface area contributed by atoms with Crippen LogP contribution in [0.3, 0.4) is 0 Å². The van der Waals surface area contributed by atoms with Crippen LogP contribution in [0.5, 0.6) is 0 Å². The van der Waals surface area contributed by atoms with Crippen LogP contribution in [0.1, 0.15) is 32.4 Å². The van der Waals surface area contributed by atoms with Crippen LogP contribution in [0, 0.1) is 0 Å². The van der Waals surface area contributed by atoms with Crippen molar-refractivity contribution in [3.63, 3.8) is 0 Å². The van der Waals surface area contributed by atoms with Crippen LogP contribution >= 0.6 is 0 Å². The van der Waals surface area contributed by atoms with Crippen LogP contribution in [0.15, 0.2) is 36.5 Å². The lowest BCUT2D eigenvalue weighted by Gasteiger charge is -2.34. The number of benzene rings is 1. The second kappa shape index (κ2) is 6.13. The molecule has 0 amide bonds. The van der Waals surface area contributed by atoms with Gasteiger partial charge in [-0.1, -0.05) is 31.2 Å². The Hall–Kier alpha value is -1.45. The van der Waals surface area contributed by atoms with Gasteiger partial charge < -0.3 is 5.73 Å². The van der Waals surface area contributed by atoms with Crippen LogP contribution < -0.4 is 5.73 Å². The number of para-hydroxylation sites is 1. The van der Waals surface area contributed by atoms with Gasteiger partial charge in [-0.15, -0.1) is 0 Å². The van der Waals surface area contributed by atoms with E-state index in [4.69, 9.17) is 5.73 Å². The summed E-state index contributed by atoms with van der Waals surface area (Å²) in [7, 11) is 0. The van der Waals surface area contributed by atoms with E-state index in [1.165, 1.54) is 10.9 Å². The topological polar surface area (TPSA) is 42.1 Å². The molecule has 2 aromatic rings. The highest BCUT2D eigenvalue weighted by Crippen LogP contribution is 2.27. The van der Waals surface area contributed by atoms with E-state index < -0.39 is 0 Å². The summed E-state index contributed by atoms with van der Waals surface area (Å²) in [6.45, 7) is 8.21. The van der Waals surface area contributed by atoms with Crippen molar-refractivity contribution >= 4 is 10.9 Å². The Kier molecular flexibility index (Phi) is 4.51. The Bertz CT molecular complexity index is 531. The van der Waals surface area contributed by atoms with Crippen LogP contribution in [0.2, 0.25) is 0 Å². The molecule has 3 nitrogen and oxygen atoms in total. The molecule has 19 heavy (non-hydrogen) atoms. The van der Waals surface area contributed by atoms with Crippen molar-refractivity contribution in [1.82, 2.24) is 9.88 Å². The standard InChI is InChI=1S/C16H23N3/c1-4-19(12(2)3)15(11-17)14-9-5-7-13-8-6-10-18-16(13)14/h5-10,12,15H,4,11,17H2,1-3H3. The lowest BCUT2D eigenvalue weighted by molar-refractivity contribution is 0.167. The average molecular weight is 257 g/mol. The third-order valence-corrected chi connectivity index (χ3v) is 3.67. The zero-order valence-electron chi connectivity index (χ0n) is 12.0. The van der Waals surface area contributed by atoms with Crippen molar-refractivity contribution in [2.45, 2.75) is 32.9 Å². The Morgan fingerprint density at radius 2 is 1.95 bits per heavy atom. The van der Waals surface area contributed by atoms with E-state index in [1.807, 2.05) is 12.3 Å². The molecule has 2 N–H and O–H groups in total. The van der Waals surface area contributed by atoms with Gasteiger partial charge in [0.05, 0.1) is 5.52 Å². The fourth-order valence-corrected chi connectivity index (χ4v) is 2.78. The molecule has 1 aromatic heterocycles. The molecule has 0 bridgehead atoms. The monoisotopic (exact) mass is 257 g/mol. The molecule has 0 saturated heterocycles. The molecule has 1 aromatic carbocycles. The third-order valence-electron chi connectivity index (χ3n) is 3.67. The van der Waals surface area contributed by atoms with Crippen LogP contribution in [-0.4, -0.2) is 29.0 Å². The second-order valence-corrected chi connectivity index (χ2v) is 5.10. The summed E-state index contributed by atoms with van der Waals surface area (Å²) < 4.78 is 0. The molecule has 0 aliphatic heterocycles. The average Bonchev–Trinajstić information content (AvgIpc) is 2.43. The van der Waals surface area contributed by atoms with E-state index in [1.54, 1.807) is 0 Å². The van der Waals surface area contributed by atoms with Crippen LogP contribution in [0.25, 0.3) is 10.9 Å². The zero-order valence-corrected chi connectivity index (χ0v) is 12.0. The van der Waals surface area contributed by atoms with Crippen LogP contribution in [-0.2, 0) is 0 Å². The Labute approximate surface area is 115 Å². The predicted molar refractivity (Wildman–Crippen MR) is 81.1 cm³/mol. The fourth-order valence-electron chi connectivity index (χ4n) is 2.78. The van der Waals surface area contributed by atoms with Crippen molar-refractivity contribution in [2.75, 3.05) is 13.1 Å². The van der Waals surface area contributed by atoms with Crippen LogP contribution in [0.4, 0.5) is 0 Å². The van der Waals surface area contributed by atoms with Crippen molar-refractivity contribution in [3.05, 3.63) is 42.1 Å². The smallest absolute Gasteiger partial charge is 0.0750 e. The van der Waals surface area contributed by atoms with E-state index in [9.17, 15) is 0 Å². The maximum atomic E-state index is 6.04. The van der Waals surface area contributed by atoms with Gasteiger partial charge >= 0.3 is 0 Å². The molecular formula is C16H23N3. The van der Waals surface area contributed by atoms with Crippen molar-refractivity contribution < 1.29 is 0 Å². The number of hydrogen-bond donors (Lipinski definition) is 1. The third kappa shape index (κ3) is 2.77. The van der Waals surface area contributed by atoms with E-state index in [-0.39, 0.29) is 6.04 Å². The van der Waals surface area contributed by atoms with Crippen molar-refractivity contribution in [3.8, 4) is 0 Å². The molecule has 0 fully saturated rings. The summed E-state index contributed by atoms with van der Waals surface area (Å²) in [4.78, 5) is 6.96. The molecule has 0 saturated carbocycles. The molecule has 0 radical (unpaired) electrons. The van der Waals surface area contributed by atoms with Gasteiger partial charge in [0.15, 0.2) is 0 Å². The molecular weight excluding hydrogens is 234 g/mol. The number of hydrogen-bond acceptors (Lipinski definition) is 3. The molecule has 1 unspecified atom stereocenters. The number of rotatable bonds is 5. The largest absolute Gasteiger partial charge is 0.329 e. The highest BCUT2D eigenvalue weighted by atomic mass is 15.2. The normalized spacial score (nSPS) is 13.4. The highest BCUT2D eigenvalue weighted by molar-refractivity contribution is 5.82. The Morgan fingerprint density at radius 3 is 2.58 bits per heavy atom. The number of nitrogens with two attached hydrogens (primary N) is 1. The van der Waals surface area contributed by atoms with Gasteiger partial charge in [0.2, 0.25) is 0 Å². The minimum atomic E-state index is 0.226. The van der Waals surface area contributed by atoms with Crippen molar-refractivity contribution in [2.24, 2.45) is 5.73 Å². The van der Waals surface area contributed by atoms with Gasteiger partial charge in [-0.2, -0.15) is 0 Å². The summed E-state index contributed by atoms with van der Waals surface area (Å²) in [5, 5.41) is 1.18. The molecule has 0 spiro atoms. The van der Waals surface area contributed by atoms with Crippen molar-refractivity contribution in [1.29, 1.82) is 0 Å². The summed E-state index contributed by atoms with van der Waals surface area (Å²) in [5.41, 5.74) is 8.34. The quantitative estimate of drug-likeness (QED) is 0.895. The lowest BCUT2D eigenvalue weighted by atomic mass is 10.00. The summed E-state index contributed by atoms with van der Waals surface area (Å²) >= 11 is 0. The Balaban J connectivity index is 2.51. The van der Waals surface area contributed by atoms with Gasteiger partial charge in [-0.3, -0.25) is 9.88 Å². The number of fused-ring (bicyclic) bond motifs is 1. The molecule has 0 aliphatic carbocycles. The Morgan fingerprint density at radius 1 is 1.21 bits per heavy atom. The maximum absolute atomic E-state index is 6.04. The fraction of sp³-hybridized carbons (Fsp3) is 0.438. The van der Waals surface area contributed by atoms with E-state index in [2.05, 4.69) is 54.9 Å². The molecule has 1 atom stereocenters. The number of aromatic nitrogens is 1. The second-order valence-electron chi connectivity index (χ2n) is 5.10. The highest BCUT2D eigenvalue weighted by Gasteiger charge is 2.22. The van der Waals surface area contributed by atoms with E-state index in [0.29, 0.717) is 12.6 Å². The summed E-state index contributed by atoms with van der Waals surface area (Å²) in [6.07, 6.45) is 1.85. The maximum Gasteiger partial charge on any atom is 0.0750 e. The zero-order chi connectivity index (χ0) is 13.8. The first-order valence-corrected chi connectivity index (χ1v) is 6.98. The first kappa shape index (κ1) is 14.0. The summed E-state index contributed by atoms with van der Waals surface area (Å²) in [6, 6.07) is 11.1. The predicted octanol–water partition coefficient (Wildman–Crippen LogP) is 2.96. The first-order chi connectivity index (χ1) is 9.19. The number of pyridine rings is 1.